The number of nitrogens with zero attached hydrogens (tertiary/aromatic N) is 2. The molecule has 29 heavy (non-hydrogen) atoms. The fourth-order valence-electron chi connectivity index (χ4n) is 4.39. The predicted molar refractivity (Wildman–Crippen MR) is 116 cm³/mol. The highest BCUT2D eigenvalue weighted by atomic mass is 32.2. The Morgan fingerprint density at radius 3 is 2.59 bits per heavy atom. The Kier molecular flexibility index (Phi) is 5.53. The lowest BCUT2D eigenvalue weighted by Gasteiger charge is -2.30. The molecule has 2 heterocycles. The Morgan fingerprint density at radius 2 is 1.86 bits per heavy atom. The van der Waals surface area contributed by atoms with Gasteiger partial charge in [0.05, 0.1) is 10.6 Å². The highest BCUT2D eigenvalue weighted by Gasteiger charge is 2.40. The first-order valence-electron chi connectivity index (χ1n) is 10.5. The van der Waals surface area contributed by atoms with E-state index in [2.05, 4.69) is 17.1 Å². The molecule has 0 saturated carbocycles. The smallest absolute Gasteiger partial charge is 0.265 e. The molecule has 1 amide bonds. The maximum absolute atomic E-state index is 13.1. The van der Waals surface area contributed by atoms with Crippen molar-refractivity contribution in [1.82, 2.24) is 10.2 Å². The number of benzene rings is 2. The number of amides is 1. The van der Waals surface area contributed by atoms with E-state index in [0.717, 1.165) is 37.4 Å². The van der Waals surface area contributed by atoms with Crippen molar-refractivity contribution >= 4 is 32.4 Å². The van der Waals surface area contributed by atoms with Gasteiger partial charge in [-0.05, 0) is 69.3 Å². The zero-order valence-corrected chi connectivity index (χ0v) is 17.9. The molecule has 156 valence electrons. The highest BCUT2D eigenvalue weighted by Crippen LogP contribution is 2.43. The molecule has 0 aromatic heterocycles. The maximum Gasteiger partial charge on any atom is 0.265 e. The summed E-state index contributed by atoms with van der Waals surface area (Å²) < 4.78 is 27.5. The number of nitrogens with one attached hydrogen (secondary N) is 1. The van der Waals surface area contributed by atoms with Gasteiger partial charge >= 0.3 is 0 Å². The van der Waals surface area contributed by atoms with Crippen molar-refractivity contribution in [2.45, 2.75) is 44.0 Å². The van der Waals surface area contributed by atoms with E-state index in [1.165, 1.54) is 17.1 Å². The van der Waals surface area contributed by atoms with E-state index >= 15 is 0 Å². The second kappa shape index (κ2) is 7.95. The van der Waals surface area contributed by atoms with Gasteiger partial charge in [0.15, 0.2) is 0 Å². The molecule has 0 radical (unpaired) electrons. The van der Waals surface area contributed by atoms with Gasteiger partial charge in [0.2, 0.25) is 5.91 Å². The normalized spacial score (nSPS) is 20.1. The van der Waals surface area contributed by atoms with Gasteiger partial charge in [0.1, 0.15) is 6.04 Å². The Hall–Kier alpha value is -2.12. The molecular formula is C22H29N3O3S. The Morgan fingerprint density at radius 1 is 1.17 bits per heavy atom. The van der Waals surface area contributed by atoms with Crippen LogP contribution in [0.25, 0.3) is 10.8 Å². The lowest BCUT2D eigenvalue weighted by atomic mass is 9.99. The fourth-order valence-corrected chi connectivity index (χ4v) is 6.26. The third-order valence-corrected chi connectivity index (χ3v) is 8.10. The number of carbonyl (C=O) groups excluding carboxylic acids is 1. The summed E-state index contributed by atoms with van der Waals surface area (Å²) in [7, 11) is -3.73. The average Bonchev–Trinajstić information content (AvgIpc) is 2.94. The van der Waals surface area contributed by atoms with E-state index in [1.807, 2.05) is 18.2 Å². The van der Waals surface area contributed by atoms with Crippen molar-refractivity contribution in [1.29, 1.82) is 0 Å². The summed E-state index contributed by atoms with van der Waals surface area (Å²) in [5, 5.41) is 4.51. The first-order chi connectivity index (χ1) is 13.9. The monoisotopic (exact) mass is 415 g/mol. The van der Waals surface area contributed by atoms with Crippen LogP contribution in [0.4, 0.5) is 5.69 Å². The summed E-state index contributed by atoms with van der Waals surface area (Å²) in [6.45, 7) is 7.72. The van der Waals surface area contributed by atoms with Crippen LogP contribution < -0.4 is 9.62 Å². The number of hydrogen-bond acceptors (Lipinski definition) is 4. The van der Waals surface area contributed by atoms with Crippen LogP contribution in [0.5, 0.6) is 0 Å². The number of anilines is 1. The molecule has 1 saturated heterocycles. The fraction of sp³-hybridized carbons (Fsp3) is 0.500. The second-order valence-corrected chi connectivity index (χ2v) is 10.1. The van der Waals surface area contributed by atoms with Gasteiger partial charge in [-0.3, -0.25) is 9.10 Å². The summed E-state index contributed by atoms with van der Waals surface area (Å²) in [6, 6.07) is 9.96. The summed E-state index contributed by atoms with van der Waals surface area (Å²) in [6.07, 6.45) is 3.35. The van der Waals surface area contributed by atoms with Crippen molar-refractivity contribution in [3.8, 4) is 0 Å². The van der Waals surface area contributed by atoms with Crippen molar-refractivity contribution in [3.63, 3.8) is 0 Å². The van der Waals surface area contributed by atoms with Crippen LogP contribution in [0.3, 0.4) is 0 Å². The minimum absolute atomic E-state index is 0.259. The molecule has 2 aliphatic rings. The number of likely N-dealkylation sites (tertiary alicyclic amines) is 1. The molecule has 6 nitrogen and oxygen atoms in total. The molecule has 0 aliphatic carbocycles. The van der Waals surface area contributed by atoms with Crippen LogP contribution in [0.2, 0.25) is 0 Å². The van der Waals surface area contributed by atoms with Crippen molar-refractivity contribution < 1.29 is 13.2 Å². The van der Waals surface area contributed by atoms with Gasteiger partial charge in [0, 0.05) is 11.9 Å². The largest absolute Gasteiger partial charge is 0.354 e. The van der Waals surface area contributed by atoms with Gasteiger partial charge in [-0.25, -0.2) is 8.42 Å². The zero-order valence-electron chi connectivity index (χ0n) is 17.1. The summed E-state index contributed by atoms with van der Waals surface area (Å²) in [5.41, 5.74) is 0.586. The van der Waals surface area contributed by atoms with Crippen molar-refractivity contribution in [2.24, 2.45) is 5.92 Å². The topological polar surface area (TPSA) is 69.7 Å². The highest BCUT2D eigenvalue weighted by molar-refractivity contribution is 7.93. The van der Waals surface area contributed by atoms with Gasteiger partial charge < -0.3 is 10.2 Å². The van der Waals surface area contributed by atoms with Gasteiger partial charge in [-0.1, -0.05) is 31.2 Å². The Bertz CT molecular complexity index is 1010. The number of hydrogen-bond donors (Lipinski definition) is 1. The number of carbonyl (C=O) groups is 1. The van der Waals surface area contributed by atoms with E-state index in [-0.39, 0.29) is 10.8 Å². The molecule has 1 fully saturated rings. The van der Waals surface area contributed by atoms with Crippen LogP contribution in [-0.4, -0.2) is 51.4 Å². The molecule has 0 bridgehead atoms. The molecule has 7 heteroatoms. The summed E-state index contributed by atoms with van der Waals surface area (Å²) in [4.78, 5) is 15.5. The molecule has 1 N–H and O–H groups in total. The van der Waals surface area contributed by atoms with Crippen LogP contribution in [0.15, 0.2) is 41.3 Å². The summed E-state index contributed by atoms with van der Waals surface area (Å²) >= 11 is 0. The van der Waals surface area contributed by atoms with E-state index < -0.39 is 16.1 Å². The van der Waals surface area contributed by atoms with E-state index in [9.17, 15) is 13.2 Å². The summed E-state index contributed by atoms with van der Waals surface area (Å²) in [5.74, 6) is 0.549. The van der Waals surface area contributed by atoms with Crippen LogP contribution in [0, 0.1) is 5.92 Å². The lowest BCUT2D eigenvalue weighted by molar-refractivity contribution is -0.121. The first kappa shape index (κ1) is 20.2. The average molecular weight is 416 g/mol. The van der Waals surface area contributed by atoms with E-state index in [0.29, 0.717) is 17.6 Å². The predicted octanol–water partition coefficient (Wildman–Crippen LogP) is 2.98. The van der Waals surface area contributed by atoms with Crippen LogP contribution in [-0.2, 0) is 14.8 Å². The molecule has 4 rings (SSSR count). The first-order valence-corrected chi connectivity index (χ1v) is 11.9. The van der Waals surface area contributed by atoms with Crippen molar-refractivity contribution in [2.75, 3.05) is 30.5 Å². The standard InChI is InChI=1S/C22H29N3O3S/c1-16-10-14-24(15-11-16)13-5-12-23-22(26)17(2)25-19-8-3-6-18-7-4-9-20(21(18)19)29(25,27)28/h3-4,6-9,16-17H,5,10-15H2,1-2H3,(H,23,26). The quantitative estimate of drug-likeness (QED) is 0.737. The molecule has 2 aromatic carbocycles. The molecular weight excluding hydrogens is 386 g/mol. The molecule has 1 atom stereocenters. The molecule has 1 unspecified atom stereocenters. The molecule has 0 spiro atoms. The third kappa shape index (κ3) is 3.73. The van der Waals surface area contributed by atoms with Crippen LogP contribution >= 0.6 is 0 Å². The lowest BCUT2D eigenvalue weighted by Crippen LogP contribution is -2.47. The van der Waals surface area contributed by atoms with E-state index in [1.54, 1.807) is 25.1 Å². The second-order valence-electron chi connectivity index (χ2n) is 8.28. The number of rotatable bonds is 6. The number of piperidine rings is 1. The third-order valence-electron chi connectivity index (χ3n) is 6.18. The van der Waals surface area contributed by atoms with Crippen LogP contribution in [0.1, 0.15) is 33.1 Å². The Balaban J connectivity index is 1.40. The Labute approximate surface area is 172 Å². The molecule has 2 aromatic rings. The van der Waals surface area contributed by atoms with Gasteiger partial charge in [-0.2, -0.15) is 0 Å². The van der Waals surface area contributed by atoms with Crippen molar-refractivity contribution in [3.05, 3.63) is 36.4 Å². The SMILES string of the molecule is CC1CCN(CCCNC(=O)C(C)N2c3cccc4cccc(c34)S2(=O)=O)CC1. The van der Waals surface area contributed by atoms with Gasteiger partial charge in [-0.15, -0.1) is 0 Å². The number of sulfonamides is 1. The maximum atomic E-state index is 13.1. The zero-order chi connectivity index (χ0) is 20.6. The minimum atomic E-state index is -3.73. The minimum Gasteiger partial charge on any atom is -0.354 e. The molecule has 2 aliphatic heterocycles. The van der Waals surface area contributed by atoms with E-state index in [4.69, 9.17) is 0 Å². The van der Waals surface area contributed by atoms with Gasteiger partial charge in [0.25, 0.3) is 10.0 Å².